The van der Waals surface area contributed by atoms with Crippen LogP contribution in [0.1, 0.15) is 41.0 Å². The minimum atomic E-state index is -3.47. The molecule has 0 radical (unpaired) electrons. The molecule has 3 rings (SSSR count). The van der Waals surface area contributed by atoms with Crippen LogP contribution in [-0.2, 0) is 10.0 Å². The Kier molecular flexibility index (Phi) is 4.56. The molecule has 0 spiro atoms. The summed E-state index contributed by atoms with van der Waals surface area (Å²) in [6.45, 7) is 4.77. The maximum absolute atomic E-state index is 12.6. The summed E-state index contributed by atoms with van der Waals surface area (Å²) in [6.07, 6.45) is 2.86. The fraction of sp³-hybridized carbons (Fsp3) is 0.412. The number of carbonyl (C=O) groups excluding carboxylic acids is 1. The van der Waals surface area contributed by atoms with Crippen LogP contribution in [0.5, 0.6) is 0 Å². The number of sulfonamides is 1. The molecule has 0 aliphatic carbocycles. The van der Waals surface area contributed by atoms with Crippen LogP contribution in [0.15, 0.2) is 35.2 Å². The Bertz CT molecular complexity index is 848. The lowest BCUT2D eigenvalue weighted by molar-refractivity contribution is 0.0942. The molecular weight excluding hydrogens is 326 g/mol. The highest BCUT2D eigenvalue weighted by atomic mass is 32.2. The van der Waals surface area contributed by atoms with Crippen LogP contribution >= 0.6 is 0 Å². The van der Waals surface area contributed by atoms with Crippen molar-refractivity contribution in [2.75, 3.05) is 13.1 Å². The van der Waals surface area contributed by atoms with Gasteiger partial charge < -0.3 is 0 Å². The Morgan fingerprint density at radius 3 is 2.21 bits per heavy atom. The van der Waals surface area contributed by atoms with Gasteiger partial charge in [-0.1, -0.05) is 6.42 Å². The number of benzene rings is 1. The van der Waals surface area contributed by atoms with Crippen molar-refractivity contribution in [2.24, 2.45) is 0 Å². The number of nitrogens with zero attached hydrogens (tertiary/aromatic N) is 3. The topological polar surface area (TPSA) is 72.3 Å². The van der Waals surface area contributed by atoms with Crippen molar-refractivity contribution in [3.05, 3.63) is 47.3 Å². The van der Waals surface area contributed by atoms with Gasteiger partial charge in [-0.2, -0.15) is 9.40 Å². The molecule has 2 aromatic rings. The maximum Gasteiger partial charge on any atom is 0.278 e. The lowest BCUT2D eigenvalue weighted by Crippen LogP contribution is -2.35. The lowest BCUT2D eigenvalue weighted by Gasteiger charge is -2.25. The molecule has 128 valence electrons. The fourth-order valence-corrected chi connectivity index (χ4v) is 4.50. The summed E-state index contributed by atoms with van der Waals surface area (Å²) in [4.78, 5) is 12.7. The van der Waals surface area contributed by atoms with E-state index in [-0.39, 0.29) is 10.8 Å². The summed E-state index contributed by atoms with van der Waals surface area (Å²) in [5, 5.41) is 4.17. The summed E-state index contributed by atoms with van der Waals surface area (Å²) < 4.78 is 28.1. The second-order valence-electron chi connectivity index (χ2n) is 6.13. The molecule has 0 atom stereocenters. The zero-order valence-corrected chi connectivity index (χ0v) is 14.7. The molecule has 1 aliphatic rings. The van der Waals surface area contributed by atoms with Gasteiger partial charge in [-0.25, -0.2) is 13.1 Å². The van der Waals surface area contributed by atoms with E-state index in [1.165, 1.54) is 21.1 Å². The first-order valence-corrected chi connectivity index (χ1v) is 9.52. The average Bonchev–Trinajstić information content (AvgIpc) is 2.93. The quantitative estimate of drug-likeness (QED) is 0.854. The normalized spacial score (nSPS) is 16.2. The largest absolute Gasteiger partial charge is 0.278 e. The minimum Gasteiger partial charge on any atom is -0.267 e. The second-order valence-corrected chi connectivity index (χ2v) is 8.07. The molecule has 1 aromatic heterocycles. The number of hydrogen-bond donors (Lipinski definition) is 0. The van der Waals surface area contributed by atoms with E-state index in [1.807, 2.05) is 19.9 Å². The van der Waals surface area contributed by atoms with Gasteiger partial charge >= 0.3 is 0 Å². The summed E-state index contributed by atoms with van der Waals surface area (Å²) in [5.74, 6) is -0.262. The molecule has 2 heterocycles. The third-order valence-electron chi connectivity index (χ3n) is 4.26. The SMILES string of the molecule is Cc1cc(C)n(C(=O)c2ccc(S(=O)(=O)N3CCCCC3)cc2)n1. The molecular formula is C17H21N3O3S. The molecule has 7 heteroatoms. The van der Waals surface area contributed by atoms with E-state index < -0.39 is 10.0 Å². The monoisotopic (exact) mass is 347 g/mol. The van der Waals surface area contributed by atoms with E-state index in [0.717, 1.165) is 30.7 Å². The number of rotatable bonds is 3. The maximum atomic E-state index is 12.6. The van der Waals surface area contributed by atoms with Gasteiger partial charge in [-0.3, -0.25) is 4.79 Å². The van der Waals surface area contributed by atoms with E-state index in [2.05, 4.69) is 5.10 Å². The third-order valence-corrected chi connectivity index (χ3v) is 6.17. The first kappa shape index (κ1) is 16.9. The number of aryl methyl sites for hydroxylation is 2. The summed E-state index contributed by atoms with van der Waals surface area (Å²) in [6, 6.07) is 7.93. The van der Waals surface area contributed by atoms with Crippen LogP contribution < -0.4 is 0 Å². The molecule has 1 aromatic carbocycles. The summed E-state index contributed by atoms with van der Waals surface area (Å²) >= 11 is 0. The first-order valence-electron chi connectivity index (χ1n) is 8.08. The molecule has 0 amide bonds. The van der Waals surface area contributed by atoms with Crippen LogP contribution in [0.2, 0.25) is 0 Å². The van der Waals surface area contributed by atoms with E-state index in [4.69, 9.17) is 0 Å². The Balaban J connectivity index is 1.85. The summed E-state index contributed by atoms with van der Waals surface area (Å²) in [5.41, 5.74) is 1.94. The second kappa shape index (κ2) is 6.49. The Morgan fingerprint density at radius 2 is 1.67 bits per heavy atom. The van der Waals surface area contributed by atoms with E-state index >= 15 is 0 Å². The number of piperidine rings is 1. The van der Waals surface area contributed by atoms with Gasteiger partial charge in [0.15, 0.2) is 0 Å². The van der Waals surface area contributed by atoms with Crippen LogP contribution in [0.3, 0.4) is 0 Å². The highest BCUT2D eigenvalue weighted by Gasteiger charge is 2.26. The van der Waals surface area contributed by atoms with Crippen molar-refractivity contribution in [1.29, 1.82) is 0 Å². The number of carbonyl (C=O) groups is 1. The van der Waals surface area contributed by atoms with Crippen molar-refractivity contribution in [2.45, 2.75) is 38.0 Å². The summed E-state index contributed by atoms with van der Waals surface area (Å²) in [7, 11) is -3.47. The van der Waals surface area contributed by atoms with Gasteiger partial charge in [0.05, 0.1) is 10.6 Å². The molecule has 6 nitrogen and oxygen atoms in total. The zero-order chi connectivity index (χ0) is 17.3. The van der Waals surface area contributed by atoms with Crippen molar-refractivity contribution < 1.29 is 13.2 Å². The Morgan fingerprint density at radius 1 is 1.04 bits per heavy atom. The first-order chi connectivity index (χ1) is 11.4. The molecule has 0 unspecified atom stereocenters. The zero-order valence-electron chi connectivity index (χ0n) is 13.9. The molecule has 24 heavy (non-hydrogen) atoms. The van der Waals surface area contributed by atoms with Crippen molar-refractivity contribution in [3.8, 4) is 0 Å². The van der Waals surface area contributed by atoms with Crippen LogP contribution in [0, 0.1) is 13.8 Å². The molecule has 1 aliphatic heterocycles. The van der Waals surface area contributed by atoms with Gasteiger partial charge in [-0.15, -0.1) is 0 Å². The van der Waals surface area contributed by atoms with Gasteiger partial charge in [-0.05, 0) is 57.0 Å². The minimum absolute atomic E-state index is 0.231. The van der Waals surface area contributed by atoms with Crippen LogP contribution in [0.4, 0.5) is 0 Å². The predicted octanol–water partition coefficient (Wildman–Crippen LogP) is 2.36. The molecule has 1 saturated heterocycles. The standard InChI is InChI=1S/C17H21N3O3S/c1-13-12-14(2)20(18-13)17(21)15-6-8-16(9-7-15)24(22,23)19-10-4-3-5-11-19/h6-9,12H,3-5,10-11H2,1-2H3. The fourth-order valence-electron chi connectivity index (χ4n) is 2.98. The van der Waals surface area contributed by atoms with Gasteiger partial charge in [0.1, 0.15) is 0 Å². The smallest absolute Gasteiger partial charge is 0.267 e. The van der Waals surface area contributed by atoms with E-state index in [9.17, 15) is 13.2 Å². The third kappa shape index (κ3) is 3.14. The van der Waals surface area contributed by atoms with E-state index in [1.54, 1.807) is 12.1 Å². The van der Waals surface area contributed by atoms with Crippen LogP contribution in [0.25, 0.3) is 0 Å². The predicted molar refractivity (Wildman–Crippen MR) is 90.5 cm³/mol. The molecule has 0 saturated carbocycles. The van der Waals surface area contributed by atoms with Crippen molar-refractivity contribution in [1.82, 2.24) is 14.1 Å². The lowest BCUT2D eigenvalue weighted by atomic mass is 10.2. The molecule has 0 bridgehead atoms. The average molecular weight is 347 g/mol. The van der Waals surface area contributed by atoms with Gasteiger partial charge in [0.2, 0.25) is 10.0 Å². The highest BCUT2D eigenvalue weighted by Crippen LogP contribution is 2.21. The molecule has 1 fully saturated rings. The highest BCUT2D eigenvalue weighted by molar-refractivity contribution is 7.89. The Labute approximate surface area is 142 Å². The van der Waals surface area contributed by atoms with E-state index in [0.29, 0.717) is 18.7 Å². The Hall–Kier alpha value is -1.99. The van der Waals surface area contributed by atoms with Gasteiger partial charge in [0.25, 0.3) is 5.91 Å². The molecule has 0 N–H and O–H groups in total. The van der Waals surface area contributed by atoms with Gasteiger partial charge in [0, 0.05) is 24.3 Å². The number of aromatic nitrogens is 2. The van der Waals surface area contributed by atoms with Crippen LogP contribution in [-0.4, -0.2) is 41.5 Å². The van der Waals surface area contributed by atoms with Crippen molar-refractivity contribution >= 4 is 15.9 Å². The van der Waals surface area contributed by atoms with Crippen molar-refractivity contribution in [3.63, 3.8) is 0 Å². The number of hydrogen-bond acceptors (Lipinski definition) is 4.